The summed E-state index contributed by atoms with van der Waals surface area (Å²) in [5, 5.41) is 0. The summed E-state index contributed by atoms with van der Waals surface area (Å²) in [6.07, 6.45) is 4.09. The van der Waals surface area contributed by atoms with E-state index in [1.54, 1.807) is 6.92 Å². The average molecular weight is 500 g/mol. The van der Waals surface area contributed by atoms with Crippen LogP contribution in [0.2, 0.25) is 0 Å². The van der Waals surface area contributed by atoms with Gasteiger partial charge in [0.25, 0.3) is 0 Å². The Balaban J connectivity index is 1.97. The second-order valence-electron chi connectivity index (χ2n) is 10.2. The molecule has 0 spiro atoms. The molecule has 164 valence electrons. The fourth-order valence-corrected chi connectivity index (χ4v) is 17.4. The van der Waals surface area contributed by atoms with E-state index in [2.05, 4.69) is 39.8 Å². The van der Waals surface area contributed by atoms with Crippen LogP contribution in [0.3, 0.4) is 0 Å². The van der Waals surface area contributed by atoms with Crippen molar-refractivity contribution in [1.29, 1.82) is 0 Å². The molecule has 2 unspecified atom stereocenters. The first-order chi connectivity index (χ1) is 14.5. The summed E-state index contributed by atoms with van der Waals surface area (Å²) in [5.41, 5.74) is 7.78. The third kappa shape index (κ3) is 3.26. The fraction of sp³-hybridized carbons (Fsp3) is 0.393. The molecule has 0 aliphatic heterocycles. The zero-order valence-electron chi connectivity index (χ0n) is 19.8. The molecule has 4 rings (SSSR count). The van der Waals surface area contributed by atoms with Crippen molar-refractivity contribution in [2.24, 2.45) is 0 Å². The number of fused-ring (bicyclic) bond motifs is 2. The van der Waals surface area contributed by atoms with Gasteiger partial charge in [0.2, 0.25) is 0 Å². The Kier molecular flexibility index (Phi) is 5.53. The third-order valence-electron chi connectivity index (χ3n) is 7.52. The SMILES string of the molecule is C[CH]=[Zr]([F])([F])([CH]1C(C)=Cc2c(C(C)C)cccc21)[CH]1C(C)=Cc2c(C(C)C)cccc21. The Morgan fingerprint density at radius 2 is 1.13 bits per heavy atom. The van der Waals surface area contributed by atoms with Gasteiger partial charge in [0.05, 0.1) is 0 Å². The molecular formula is C28H34F2Zr. The van der Waals surface area contributed by atoms with Crippen molar-refractivity contribution >= 4 is 15.9 Å². The topological polar surface area (TPSA) is 0 Å². The van der Waals surface area contributed by atoms with E-state index in [0.717, 1.165) is 33.4 Å². The predicted molar refractivity (Wildman–Crippen MR) is 128 cm³/mol. The first-order valence-corrected chi connectivity index (χ1v) is 17.6. The molecule has 0 saturated carbocycles. The quantitative estimate of drug-likeness (QED) is 0.394. The van der Waals surface area contributed by atoms with Crippen LogP contribution in [0.1, 0.15) is 101 Å². The summed E-state index contributed by atoms with van der Waals surface area (Å²) in [5.74, 6) is 0.621. The molecule has 2 atom stereocenters. The van der Waals surface area contributed by atoms with Crippen LogP contribution in [0.4, 0.5) is 5.25 Å². The van der Waals surface area contributed by atoms with E-state index in [4.69, 9.17) is 0 Å². The number of rotatable bonds is 4. The minimum atomic E-state index is -6.53. The molecule has 3 heteroatoms. The summed E-state index contributed by atoms with van der Waals surface area (Å²) >= 11 is -6.53. The predicted octanol–water partition coefficient (Wildman–Crippen LogP) is 8.83. The first kappa shape index (κ1) is 22.7. The molecule has 0 heterocycles. The van der Waals surface area contributed by atoms with Crippen LogP contribution in [0.25, 0.3) is 12.2 Å². The van der Waals surface area contributed by atoms with Crippen LogP contribution < -0.4 is 0 Å². The van der Waals surface area contributed by atoms with Crippen molar-refractivity contribution < 1.29 is 24.8 Å². The molecule has 0 N–H and O–H groups in total. The summed E-state index contributed by atoms with van der Waals surface area (Å²) < 4.78 is 35.0. The van der Waals surface area contributed by atoms with E-state index >= 15 is 5.25 Å². The molecule has 31 heavy (non-hydrogen) atoms. The molecule has 2 aliphatic carbocycles. The molecule has 0 nitrogen and oxygen atoms in total. The zero-order chi connectivity index (χ0) is 22.7. The molecule has 0 radical (unpaired) electrons. The Morgan fingerprint density at radius 1 is 0.742 bits per heavy atom. The van der Waals surface area contributed by atoms with E-state index in [-0.39, 0.29) is 0 Å². The zero-order valence-corrected chi connectivity index (χ0v) is 22.2. The van der Waals surface area contributed by atoms with Crippen molar-refractivity contribution in [2.75, 3.05) is 0 Å². The normalized spacial score (nSPS) is 20.6. The molecule has 0 fully saturated rings. The van der Waals surface area contributed by atoms with Crippen molar-refractivity contribution in [2.45, 2.75) is 67.6 Å². The maximum atomic E-state index is 17.5. The third-order valence-corrected chi connectivity index (χ3v) is 19.4. The molecular weight excluding hydrogens is 466 g/mol. The van der Waals surface area contributed by atoms with Gasteiger partial charge in [0, 0.05) is 0 Å². The molecule has 0 saturated heterocycles. The number of hydrogen-bond acceptors (Lipinski definition) is 0. The van der Waals surface area contributed by atoms with Crippen molar-refractivity contribution in [3.63, 3.8) is 0 Å². The number of halogens is 2. The van der Waals surface area contributed by atoms with Crippen LogP contribution in [0.5, 0.6) is 0 Å². The van der Waals surface area contributed by atoms with Crippen molar-refractivity contribution in [1.82, 2.24) is 0 Å². The van der Waals surface area contributed by atoms with Gasteiger partial charge in [0.15, 0.2) is 0 Å². The van der Waals surface area contributed by atoms with Gasteiger partial charge in [-0.05, 0) is 0 Å². The van der Waals surface area contributed by atoms with Gasteiger partial charge in [0.1, 0.15) is 0 Å². The molecule has 0 bridgehead atoms. The van der Waals surface area contributed by atoms with Gasteiger partial charge in [-0.25, -0.2) is 0 Å². The first-order valence-electron chi connectivity index (χ1n) is 11.5. The maximum absolute atomic E-state index is 17.5. The van der Waals surface area contributed by atoms with Crippen LogP contribution in [-0.4, -0.2) is 3.71 Å². The summed E-state index contributed by atoms with van der Waals surface area (Å²) in [4.78, 5) is 0. The van der Waals surface area contributed by atoms with E-state index in [9.17, 15) is 0 Å². The second-order valence-corrected chi connectivity index (χ2v) is 20.5. The Bertz CT molecular complexity index is 1100. The van der Waals surface area contributed by atoms with Gasteiger partial charge in [-0.3, -0.25) is 0 Å². The van der Waals surface area contributed by atoms with Gasteiger partial charge in [-0.15, -0.1) is 0 Å². The molecule has 2 aromatic rings. The van der Waals surface area contributed by atoms with Crippen LogP contribution >= 0.6 is 0 Å². The van der Waals surface area contributed by atoms with E-state index < -0.39 is 26.8 Å². The molecule has 0 aromatic heterocycles. The van der Waals surface area contributed by atoms with Gasteiger partial charge < -0.3 is 0 Å². The van der Waals surface area contributed by atoms with Gasteiger partial charge in [-0.1, -0.05) is 0 Å². The number of benzene rings is 2. The van der Waals surface area contributed by atoms with Gasteiger partial charge >= 0.3 is 189 Å². The van der Waals surface area contributed by atoms with E-state index in [0.29, 0.717) is 11.8 Å². The standard InChI is InChI=1S/2C13H15.C2H4.2FH.Zr/c2*1-9(2)12-6-4-5-11-7-10(3)8-13(11)12;1-2;;;/h2*4-9H,1-3H3;1H,2H3;2*1H;/q;;;;;+2/p-2. The monoisotopic (exact) mass is 498 g/mol. The molecule has 0 amide bonds. The van der Waals surface area contributed by atoms with E-state index in [1.807, 2.05) is 50.3 Å². The second kappa shape index (κ2) is 7.55. The Hall–Kier alpha value is -1.47. The Labute approximate surface area is 188 Å². The van der Waals surface area contributed by atoms with Crippen molar-refractivity contribution in [3.8, 4) is 0 Å². The average Bonchev–Trinajstić information content (AvgIpc) is 3.23. The summed E-state index contributed by atoms with van der Waals surface area (Å²) in [6.45, 7) is 14.0. The molecule has 2 aliphatic rings. The summed E-state index contributed by atoms with van der Waals surface area (Å²) in [6, 6.07) is 12.0. The number of hydrogen-bond donors (Lipinski definition) is 0. The van der Waals surface area contributed by atoms with Crippen LogP contribution in [-0.2, 0) is 19.5 Å². The molecule has 2 aromatic carbocycles. The fourth-order valence-electron chi connectivity index (χ4n) is 6.12. The number of allylic oxidation sites excluding steroid dienone is 2. The van der Waals surface area contributed by atoms with Crippen molar-refractivity contribution in [3.05, 3.63) is 80.9 Å². The van der Waals surface area contributed by atoms with E-state index in [1.165, 1.54) is 14.8 Å². The van der Waals surface area contributed by atoms with Crippen LogP contribution in [0, 0.1) is 0 Å². The van der Waals surface area contributed by atoms with Gasteiger partial charge in [-0.2, -0.15) is 0 Å². The minimum absolute atomic E-state index is 0.311. The van der Waals surface area contributed by atoms with Crippen LogP contribution in [0.15, 0.2) is 47.5 Å². The Morgan fingerprint density at radius 3 is 1.45 bits per heavy atom. The summed E-state index contributed by atoms with van der Waals surface area (Å²) in [7, 11) is 0.